The third-order valence-corrected chi connectivity index (χ3v) is 4.27. The molecule has 0 unspecified atom stereocenters. The minimum Gasteiger partial charge on any atom is -0.326 e. The summed E-state index contributed by atoms with van der Waals surface area (Å²) in [5.74, 6) is -0.210. The fourth-order valence-corrected chi connectivity index (χ4v) is 3.15. The van der Waals surface area contributed by atoms with Crippen LogP contribution in [0.3, 0.4) is 0 Å². The third kappa shape index (κ3) is 4.93. The first-order valence-electron chi connectivity index (χ1n) is 7.77. The second-order valence-corrected chi connectivity index (χ2v) is 6.65. The lowest BCUT2D eigenvalue weighted by Crippen LogP contribution is -2.32. The van der Waals surface area contributed by atoms with Gasteiger partial charge in [0, 0.05) is 30.0 Å². The molecule has 0 aliphatic rings. The maximum Gasteiger partial charge on any atom is 0.226 e. The number of anilines is 2. The van der Waals surface area contributed by atoms with Gasteiger partial charge < -0.3 is 10.2 Å². The number of hydrogen-bond acceptors (Lipinski definition) is 2. The molecule has 0 radical (unpaired) electrons. The van der Waals surface area contributed by atoms with Crippen LogP contribution in [0.2, 0.25) is 0 Å². The van der Waals surface area contributed by atoms with E-state index in [0.717, 1.165) is 27.0 Å². The quantitative estimate of drug-likeness (QED) is 0.822. The molecule has 5 heteroatoms. The number of nitrogens with one attached hydrogen (secondary N) is 1. The molecular formula is C19H21BrN2O2. The zero-order valence-electron chi connectivity index (χ0n) is 14.1. The van der Waals surface area contributed by atoms with Crippen LogP contribution in [0.5, 0.6) is 0 Å². The van der Waals surface area contributed by atoms with Crippen molar-refractivity contribution in [3.8, 4) is 0 Å². The Kier molecular flexibility index (Phi) is 6.15. The number of nitrogens with zero attached hydrogens (tertiary/aromatic N) is 1. The molecule has 0 atom stereocenters. The average molecular weight is 389 g/mol. The van der Waals surface area contributed by atoms with Gasteiger partial charge in [-0.05, 0) is 65.2 Å². The Labute approximate surface area is 151 Å². The number of carbonyl (C=O) groups is 2. The first-order chi connectivity index (χ1) is 11.4. The monoisotopic (exact) mass is 388 g/mol. The van der Waals surface area contributed by atoms with Crippen LogP contribution < -0.4 is 10.2 Å². The van der Waals surface area contributed by atoms with Crippen LogP contribution in [0.15, 0.2) is 46.9 Å². The van der Waals surface area contributed by atoms with E-state index in [9.17, 15) is 9.59 Å². The summed E-state index contributed by atoms with van der Waals surface area (Å²) in [5, 5.41) is 2.86. The molecule has 2 aromatic carbocycles. The number of carbonyl (C=O) groups excluding carboxylic acids is 2. The summed E-state index contributed by atoms with van der Waals surface area (Å²) in [6.45, 7) is 5.80. The molecule has 1 N–H and O–H groups in total. The van der Waals surface area contributed by atoms with Crippen molar-refractivity contribution in [1.29, 1.82) is 0 Å². The molecule has 24 heavy (non-hydrogen) atoms. The first-order valence-corrected chi connectivity index (χ1v) is 8.57. The van der Waals surface area contributed by atoms with Gasteiger partial charge in [-0.1, -0.05) is 18.2 Å². The van der Waals surface area contributed by atoms with Gasteiger partial charge in [0.15, 0.2) is 0 Å². The van der Waals surface area contributed by atoms with Crippen molar-refractivity contribution < 1.29 is 9.59 Å². The van der Waals surface area contributed by atoms with E-state index in [-0.39, 0.29) is 18.2 Å². The Morgan fingerprint density at radius 2 is 1.79 bits per heavy atom. The van der Waals surface area contributed by atoms with Crippen molar-refractivity contribution in [3.63, 3.8) is 0 Å². The average Bonchev–Trinajstić information content (AvgIpc) is 2.49. The highest BCUT2D eigenvalue weighted by Gasteiger charge is 2.16. The zero-order valence-corrected chi connectivity index (χ0v) is 15.7. The van der Waals surface area contributed by atoms with E-state index in [1.165, 1.54) is 6.92 Å². The number of amides is 2. The topological polar surface area (TPSA) is 49.4 Å². The maximum absolute atomic E-state index is 12.2. The normalized spacial score (nSPS) is 10.3. The number of hydrogen-bond donors (Lipinski definition) is 1. The smallest absolute Gasteiger partial charge is 0.226 e. The van der Waals surface area contributed by atoms with Crippen molar-refractivity contribution in [1.82, 2.24) is 0 Å². The first kappa shape index (κ1) is 18.2. The molecule has 0 saturated heterocycles. The van der Waals surface area contributed by atoms with E-state index < -0.39 is 0 Å². The van der Waals surface area contributed by atoms with Gasteiger partial charge >= 0.3 is 0 Å². The summed E-state index contributed by atoms with van der Waals surface area (Å²) < 4.78 is 0.844. The lowest BCUT2D eigenvalue weighted by Gasteiger charge is -2.22. The predicted octanol–water partition coefficient (Wildman–Crippen LogP) is 4.45. The minimum atomic E-state index is -0.116. The molecule has 0 aliphatic heterocycles. The van der Waals surface area contributed by atoms with Crippen molar-refractivity contribution >= 4 is 39.1 Å². The van der Waals surface area contributed by atoms with Gasteiger partial charge in [0.1, 0.15) is 0 Å². The third-order valence-electron chi connectivity index (χ3n) is 3.64. The maximum atomic E-state index is 12.2. The Morgan fingerprint density at radius 1 is 1.08 bits per heavy atom. The molecule has 2 amide bonds. The van der Waals surface area contributed by atoms with Gasteiger partial charge in [-0.2, -0.15) is 0 Å². The summed E-state index contributed by atoms with van der Waals surface area (Å²) in [4.78, 5) is 25.7. The standard InChI is InChI=1S/C19H21BrN2O2/c1-13-5-4-6-16(11-13)21-19(24)9-10-22(15(3)23)18-8-7-14(2)12-17(18)20/h4-8,11-12H,9-10H2,1-3H3,(H,21,24). The number of aryl methyl sites for hydroxylation is 2. The van der Waals surface area contributed by atoms with E-state index >= 15 is 0 Å². The van der Waals surface area contributed by atoms with E-state index in [4.69, 9.17) is 0 Å². The molecule has 0 saturated carbocycles. The lowest BCUT2D eigenvalue weighted by molar-refractivity contribution is -0.117. The number of benzene rings is 2. The van der Waals surface area contributed by atoms with E-state index in [1.54, 1.807) is 4.90 Å². The van der Waals surface area contributed by atoms with Crippen molar-refractivity contribution in [3.05, 3.63) is 58.1 Å². The van der Waals surface area contributed by atoms with Crippen LogP contribution >= 0.6 is 15.9 Å². The Bertz CT molecular complexity index is 759. The molecule has 0 aromatic heterocycles. The molecule has 126 valence electrons. The van der Waals surface area contributed by atoms with Crippen molar-refractivity contribution in [2.75, 3.05) is 16.8 Å². The minimum absolute atomic E-state index is 0.0945. The fraction of sp³-hybridized carbons (Fsp3) is 0.263. The van der Waals surface area contributed by atoms with E-state index in [2.05, 4.69) is 21.2 Å². The molecular weight excluding hydrogens is 368 g/mol. The van der Waals surface area contributed by atoms with Gasteiger partial charge in [-0.25, -0.2) is 0 Å². The van der Waals surface area contributed by atoms with Gasteiger partial charge in [-0.15, -0.1) is 0 Å². The summed E-state index contributed by atoms with van der Waals surface area (Å²) in [6.07, 6.45) is 0.230. The van der Waals surface area contributed by atoms with Gasteiger partial charge in [0.05, 0.1) is 5.69 Å². The van der Waals surface area contributed by atoms with Crippen LogP contribution in [0.1, 0.15) is 24.5 Å². The Balaban J connectivity index is 2.03. The van der Waals surface area contributed by atoms with Crippen molar-refractivity contribution in [2.45, 2.75) is 27.2 Å². The lowest BCUT2D eigenvalue weighted by atomic mass is 10.2. The molecule has 0 bridgehead atoms. The zero-order chi connectivity index (χ0) is 17.7. The predicted molar refractivity (Wildman–Crippen MR) is 101 cm³/mol. The highest BCUT2D eigenvalue weighted by atomic mass is 79.9. The molecule has 0 heterocycles. The SMILES string of the molecule is CC(=O)N(CCC(=O)Nc1cccc(C)c1)c1ccc(C)cc1Br. The van der Waals surface area contributed by atoms with Gasteiger partial charge in [0.25, 0.3) is 0 Å². The van der Waals surface area contributed by atoms with Crippen molar-refractivity contribution in [2.24, 2.45) is 0 Å². The second-order valence-electron chi connectivity index (χ2n) is 5.79. The Hall–Kier alpha value is -2.14. The fourth-order valence-electron chi connectivity index (χ4n) is 2.44. The van der Waals surface area contributed by atoms with Crippen LogP contribution in [0.25, 0.3) is 0 Å². The van der Waals surface area contributed by atoms with Gasteiger partial charge in [-0.3, -0.25) is 9.59 Å². The molecule has 2 aromatic rings. The summed E-state index contributed by atoms with van der Waals surface area (Å²) in [5.41, 5.74) is 3.73. The van der Waals surface area contributed by atoms with Crippen LogP contribution in [0.4, 0.5) is 11.4 Å². The number of halogens is 1. The second kappa shape index (κ2) is 8.11. The Morgan fingerprint density at radius 3 is 2.42 bits per heavy atom. The largest absolute Gasteiger partial charge is 0.326 e. The van der Waals surface area contributed by atoms with Crippen LogP contribution in [0, 0.1) is 13.8 Å². The molecule has 4 nitrogen and oxygen atoms in total. The molecule has 0 spiro atoms. The summed E-state index contributed by atoms with van der Waals surface area (Å²) in [7, 11) is 0. The van der Waals surface area contributed by atoms with E-state index in [1.807, 2.05) is 56.3 Å². The highest BCUT2D eigenvalue weighted by Crippen LogP contribution is 2.27. The molecule has 2 rings (SSSR count). The van der Waals surface area contributed by atoms with Gasteiger partial charge in [0.2, 0.25) is 11.8 Å². The van der Waals surface area contributed by atoms with Crippen LogP contribution in [-0.2, 0) is 9.59 Å². The van der Waals surface area contributed by atoms with E-state index in [0.29, 0.717) is 6.54 Å². The van der Waals surface area contributed by atoms with Crippen LogP contribution in [-0.4, -0.2) is 18.4 Å². The highest BCUT2D eigenvalue weighted by molar-refractivity contribution is 9.10. The number of rotatable bonds is 5. The summed E-state index contributed by atoms with van der Waals surface area (Å²) >= 11 is 3.49. The summed E-state index contributed by atoms with van der Waals surface area (Å²) in [6, 6.07) is 13.4. The molecule has 0 aliphatic carbocycles. The molecule has 0 fully saturated rings.